The van der Waals surface area contributed by atoms with Gasteiger partial charge in [-0.1, -0.05) is 12.1 Å². The zero-order valence-electron chi connectivity index (χ0n) is 10.6. The topological polar surface area (TPSA) is 71.7 Å². The summed E-state index contributed by atoms with van der Waals surface area (Å²) in [7, 11) is 0. The molecule has 0 atom stereocenters. The van der Waals surface area contributed by atoms with Crippen LogP contribution in [0.3, 0.4) is 0 Å². The van der Waals surface area contributed by atoms with Gasteiger partial charge in [0.1, 0.15) is 0 Å². The number of nitrogens with one attached hydrogen (secondary N) is 2. The molecule has 5 nitrogen and oxygen atoms in total. The molecule has 0 aliphatic heterocycles. The van der Waals surface area contributed by atoms with Crippen molar-refractivity contribution in [2.75, 3.05) is 11.9 Å². The Morgan fingerprint density at radius 3 is 2.95 bits per heavy atom. The number of aromatic nitrogens is 3. The average Bonchev–Trinajstić information content (AvgIpc) is 3.05. The van der Waals surface area contributed by atoms with Gasteiger partial charge < -0.3 is 20.6 Å². The summed E-state index contributed by atoms with van der Waals surface area (Å²) in [6, 6.07) is 10.2. The highest BCUT2D eigenvalue weighted by atomic mass is 15.2. The van der Waals surface area contributed by atoms with Crippen LogP contribution in [0.25, 0.3) is 11.0 Å². The number of nitrogens with zero attached hydrogens (tertiary/aromatic N) is 2. The maximum Gasteiger partial charge on any atom is 0.204 e. The molecular weight excluding hydrogens is 238 g/mol. The molecule has 3 rings (SSSR count). The summed E-state index contributed by atoms with van der Waals surface area (Å²) in [5.74, 6) is 0.868. The van der Waals surface area contributed by atoms with Gasteiger partial charge in [0.05, 0.1) is 11.0 Å². The van der Waals surface area contributed by atoms with Crippen LogP contribution in [0, 0.1) is 0 Å². The normalized spacial score (nSPS) is 11.0. The molecule has 4 N–H and O–H groups in total. The van der Waals surface area contributed by atoms with E-state index in [-0.39, 0.29) is 0 Å². The van der Waals surface area contributed by atoms with E-state index in [9.17, 15) is 0 Å². The molecule has 2 heterocycles. The molecule has 19 heavy (non-hydrogen) atoms. The SMILES string of the molecule is NCCn1c(NCc2cc[nH]c2)nc2ccccc21. The second-order valence-electron chi connectivity index (χ2n) is 4.44. The van der Waals surface area contributed by atoms with Gasteiger partial charge in [0, 0.05) is 32.0 Å². The first kappa shape index (κ1) is 11.8. The van der Waals surface area contributed by atoms with Gasteiger partial charge in [-0.15, -0.1) is 0 Å². The number of aromatic amines is 1. The standard InChI is InChI=1S/C14H17N5/c15-6-8-19-13-4-2-1-3-12(13)18-14(19)17-10-11-5-7-16-9-11/h1-5,7,9,16H,6,8,10,15H2,(H,17,18). The molecule has 5 heteroatoms. The molecule has 0 bridgehead atoms. The summed E-state index contributed by atoms with van der Waals surface area (Å²) in [6.07, 6.45) is 3.89. The van der Waals surface area contributed by atoms with Crippen LogP contribution >= 0.6 is 0 Å². The van der Waals surface area contributed by atoms with Crippen LogP contribution in [0.5, 0.6) is 0 Å². The summed E-state index contributed by atoms with van der Waals surface area (Å²) in [6.45, 7) is 2.10. The summed E-state index contributed by atoms with van der Waals surface area (Å²) in [4.78, 5) is 7.66. The molecule has 0 radical (unpaired) electrons. The summed E-state index contributed by atoms with van der Waals surface area (Å²) >= 11 is 0. The van der Waals surface area contributed by atoms with Crippen molar-refractivity contribution < 1.29 is 0 Å². The van der Waals surface area contributed by atoms with Gasteiger partial charge in [-0.2, -0.15) is 0 Å². The third-order valence-electron chi connectivity index (χ3n) is 3.12. The minimum Gasteiger partial charge on any atom is -0.367 e. The van der Waals surface area contributed by atoms with Crippen molar-refractivity contribution in [3.63, 3.8) is 0 Å². The van der Waals surface area contributed by atoms with E-state index in [0.29, 0.717) is 6.54 Å². The monoisotopic (exact) mass is 255 g/mol. The maximum atomic E-state index is 5.69. The molecule has 0 saturated heterocycles. The van der Waals surface area contributed by atoms with Gasteiger partial charge in [0.15, 0.2) is 0 Å². The van der Waals surface area contributed by atoms with Crippen LogP contribution in [-0.4, -0.2) is 21.1 Å². The van der Waals surface area contributed by atoms with Gasteiger partial charge >= 0.3 is 0 Å². The number of anilines is 1. The van der Waals surface area contributed by atoms with Crippen molar-refractivity contribution in [1.82, 2.24) is 14.5 Å². The molecule has 0 amide bonds. The third-order valence-corrected chi connectivity index (χ3v) is 3.12. The smallest absolute Gasteiger partial charge is 0.204 e. The molecule has 0 unspecified atom stereocenters. The molecule has 0 spiro atoms. The third kappa shape index (κ3) is 2.32. The number of fused-ring (bicyclic) bond motifs is 1. The second kappa shape index (κ2) is 5.16. The highest BCUT2D eigenvalue weighted by molar-refractivity contribution is 5.78. The van der Waals surface area contributed by atoms with Gasteiger partial charge in [-0.25, -0.2) is 4.98 Å². The van der Waals surface area contributed by atoms with Crippen molar-refractivity contribution in [1.29, 1.82) is 0 Å². The van der Waals surface area contributed by atoms with Gasteiger partial charge in [-0.3, -0.25) is 0 Å². The van der Waals surface area contributed by atoms with Crippen LogP contribution in [0.2, 0.25) is 0 Å². The lowest BCUT2D eigenvalue weighted by molar-refractivity contribution is 0.730. The van der Waals surface area contributed by atoms with Crippen LogP contribution < -0.4 is 11.1 Å². The van der Waals surface area contributed by atoms with E-state index >= 15 is 0 Å². The van der Waals surface area contributed by atoms with E-state index in [2.05, 4.69) is 25.9 Å². The average molecular weight is 255 g/mol. The number of para-hydroxylation sites is 2. The number of nitrogens with two attached hydrogens (primary N) is 1. The van der Waals surface area contributed by atoms with Crippen molar-refractivity contribution in [3.8, 4) is 0 Å². The summed E-state index contributed by atoms with van der Waals surface area (Å²) in [5, 5.41) is 3.37. The minimum atomic E-state index is 0.596. The Kier molecular flexibility index (Phi) is 3.20. The molecule has 1 aromatic carbocycles. The number of hydrogen-bond donors (Lipinski definition) is 3. The summed E-state index contributed by atoms with van der Waals surface area (Å²) in [5.41, 5.74) is 9.00. The molecule has 0 saturated carbocycles. The van der Waals surface area contributed by atoms with E-state index in [1.165, 1.54) is 5.56 Å². The minimum absolute atomic E-state index is 0.596. The Morgan fingerprint density at radius 2 is 2.16 bits per heavy atom. The van der Waals surface area contributed by atoms with Crippen LogP contribution in [-0.2, 0) is 13.1 Å². The molecule has 0 aliphatic rings. The van der Waals surface area contributed by atoms with Crippen LogP contribution in [0.15, 0.2) is 42.7 Å². The molecule has 98 valence electrons. The fourth-order valence-corrected chi connectivity index (χ4v) is 2.22. The Morgan fingerprint density at radius 1 is 1.26 bits per heavy atom. The van der Waals surface area contributed by atoms with Gasteiger partial charge in [0.2, 0.25) is 5.95 Å². The first-order chi connectivity index (χ1) is 9.38. The fourth-order valence-electron chi connectivity index (χ4n) is 2.22. The van der Waals surface area contributed by atoms with Gasteiger partial charge in [0.25, 0.3) is 0 Å². The zero-order chi connectivity index (χ0) is 13.1. The van der Waals surface area contributed by atoms with E-state index in [4.69, 9.17) is 5.73 Å². The number of rotatable bonds is 5. The molecule has 2 aromatic heterocycles. The van der Waals surface area contributed by atoms with Crippen molar-refractivity contribution >= 4 is 17.0 Å². The Balaban J connectivity index is 1.90. The number of H-pyrrole nitrogens is 1. The second-order valence-corrected chi connectivity index (χ2v) is 4.44. The molecule has 0 aliphatic carbocycles. The van der Waals surface area contributed by atoms with E-state index < -0.39 is 0 Å². The predicted octanol–water partition coefficient (Wildman–Crippen LogP) is 1.94. The Bertz CT molecular complexity index is 654. The maximum absolute atomic E-state index is 5.69. The Labute approximate surface area is 111 Å². The molecule has 3 aromatic rings. The summed E-state index contributed by atoms with van der Waals surface area (Å²) < 4.78 is 2.13. The number of imidazole rings is 1. The van der Waals surface area contributed by atoms with Gasteiger partial charge in [-0.05, 0) is 23.8 Å². The lowest BCUT2D eigenvalue weighted by atomic mass is 10.3. The van der Waals surface area contributed by atoms with E-state index in [1.807, 2.05) is 36.7 Å². The first-order valence-electron chi connectivity index (χ1n) is 6.39. The Hall–Kier alpha value is -2.27. The zero-order valence-corrected chi connectivity index (χ0v) is 10.6. The largest absolute Gasteiger partial charge is 0.367 e. The van der Waals surface area contributed by atoms with Crippen molar-refractivity contribution in [2.45, 2.75) is 13.1 Å². The fraction of sp³-hybridized carbons (Fsp3) is 0.214. The van der Waals surface area contributed by atoms with Crippen molar-refractivity contribution in [3.05, 3.63) is 48.3 Å². The van der Waals surface area contributed by atoms with Crippen LogP contribution in [0.1, 0.15) is 5.56 Å². The first-order valence-corrected chi connectivity index (χ1v) is 6.39. The lowest BCUT2D eigenvalue weighted by Gasteiger charge is -2.08. The molecular formula is C14H17N5. The lowest BCUT2D eigenvalue weighted by Crippen LogP contribution is -2.13. The van der Waals surface area contributed by atoms with E-state index in [1.54, 1.807) is 0 Å². The number of benzene rings is 1. The van der Waals surface area contributed by atoms with Crippen LogP contribution in [0.4, 0.5) is 5.95 Å². The van der Waals surface area contributed by atoms with Crippen molar-refractivity contribution in [2.24, 2.45) is 5.73 Å². The highest BCUT2D eigenvalue weighted by Crippen LogP contribution is 2.19. The highest BCUT2D eigenvalue weighted by Gasteiger charge is 2.09. The quantitative estimate of drug-likeness (QED) is 0.652. The number of hydrogen-bond acceptors (Lipinski definition) is 3. The predicted molar refractivity (Wildman–Crippen MR) is 76.9 cm³/mol. The van der Waals surface area contributed by atoms with E-state index in [0.717, 1.165) is 30.1 Å². The molecule has 0 fully saturated rings.